The van der Waals surface area contributed by atoms with E-state index in [2.05, 4.69) is 15.6 Å². The van der Waals surface area contributed by atoms with Crippen LogP contribution in [0.3, 0.4) is 0 Å². The fraction of sp³-hybridized carbons (Fsp3) is 0.350. The lowest BCUT2D eigenvalue weighted by Crippen LogP contribution is -2.31. The molecule has 2 aromatic carbocycles. The summed E-state index contributed by atoms with van der Waals surface area (Å²) in [7, 11) is 1.60. The van der Waals surface area contributed by atoms with Crippen LogP contribution in [0.4, 0.5) is 5.69 Å². The Balaban J connectivity index is 2.13. The van der Waals surface area contributed by atoms with Gasteiger partial charge in [0, 0.05) is 28.9 Å². The van der Waals surface area contributed by atoms with E-state index in [9.17, 15) is 5.11 Å². The summed E-state index contributed by atoms with van der Waals surface area (Å²) < 4.78 is 10.9. The van der Waals surface area contributed by atoms with Gasteiger partial charge < -0.3 is 25.2 Å². The van der Waals surface area contributed by atoms with Gasteiger partial charge in [-0.15, -0.1) is 0 Å². The van der Waals surface area contributed by atoms with E-state index in [1.165, 1.54) is 0 Å². The van der Waals surface area contributed by atoms with Crippen molar-refractivity contribution in [2.24, 2.45) is 4.99 Å². The summed E-state index contributed by atoms with van der Waals surface area (Å²) in [6.07, 6.45) is -0.788. The van der Waals surface area contributed by atoms with E-state index in [0.29, 0.717) is 41.2 Å². The molecule has 0 saturated carbocycles. The summed E-state index contributed by atoms with van der Waals surface area (Å²) in [5.41, 5.74) is 1.45. The van der Waals surface area contributed by atoms with Gasteiger partial charge in [-0.1, -0.05) is 29.8 Å². The van der Waals surface area contributed by atoms with E-state index >= 15 is 0 Å². The highest BCUT2D eigenvalue weighted by atomic mass is 35.5. The number of hydrogen-bond donors (Lipinski definition) is 3. The second-order valence-corrected chi connectivity index (χ2v) is 6.09. The smallest absolute Gasteiger partial charge is 0.195 e. The number of methoxy groups -OCH3 is 1. The topological polar surface area (TPSA) is 75.1 Å². The van der Waals surface area contributed by atoms with Gasteiger partial charge >= 0.3 is 0 Å². The minimum atomic E-state index is -0.788. The Morgan fingerprint density at radius 1 is 1.19 bits per heavy atom. The van der Waals surface area contributed by atoms with E-state index in [0.717, 1.165) is 5.69 Å². The van der Waals surface area contributed by atoms with Gasteiger partial charge in [-0.05, 0) is 32.0 Å². The van der Waals surface area contributed by atoms with Crippen molar-refractivity contribution in [3.05, 3.63) is 53.1 Å². The van der Waals surface area contributed by atoms with E-state index in [1.807, 2.05) is 44.2 Å². The van der Waals surface area contributed by atoms with E-state index in [4.69, 9.17) is 21.1 Å². The number of halogens is 1. The summed E-state index contributed by atoms with van der Waals surface area (Å²) in [5.74, 6) is 1.87. The fourth-order valence-electron chi connectivity index (χ4n) is 2.49. The van der Waals surface area contributed by atoms with Crippen LogP contribution in [-0.2, 0) is 0 Å². The average molecular weight is 392 g/mol. The second-order valence-electron chi connectivity index (χ2n) is 5.68. The first-order valence-electron chi connectivity index (χ1n) is 8.87. The summed E-state index contributed by atoms with van der Waals surface area (Å²) >= 11 is 6.14. The van der Waals surface area contributed by atoms with Crippen LogP contribution in [0, 0.1) is 0 Å². The van der Waals surface area contributed by atoms with Gasteiger partial charge in [-0.2, -0.15) is 0 Å². The summed E-state index contributed by atoms with van der Waals surface area (Å²) in [6.45, 7) is 5.29. The molecule has 2 aromatic rings. The van der Waals surface area contributed by atoms with Crippen LogP contribution in [0.5, 0.6) is 11.5 Å². The Labute approximate surface area is 165 Å². The molecule has 0 amide bonds. The van der Waals surface area contributed by atoms with Crippen LogP contribution in [0.15, 0.2) is 47.5 Å². The number of hydrogen-bond acceptors (Lipinski definition) is 4. The Kier molecular flexibility index (Phi) is 8.23. The van der Waals surface area contributed by atoms with Gasteiger partial charge in [0.05, 0.1) is 20.3 Å². The minimum Gasteiger partial charge on any atom is -0.493 e. The number of aliphatic imine (C=N–C) groups is 1. The third-order valence-electron chi connectivity index (χ3n) is 3.76. The van der Waals surface area contributed by atoms with Gasteiger partial charge in [0.25, 0.3) is 0 Å². The number of anilines is 1. The van der Waals surface area contributed by atoms with Crippen LogP contribution >= 0.6 is 11.6 Å². The minimum absolute atomic E-state index is 0.174. The Bertz CT molecular complexity index is 768. The molecule has 0 aliphatic carbocycles. The maximum atomic E-state index is 10.4. The zero-order valence-corrected chi connectivity index (χ0v) is 16.6. The van der Waals surface area contributed by atoms with Crippen LogP contribution in [0.25, 0.3) is 0 Å². The van der Waals surface area contributed by atoms with Crippen molar-refractivity contribution in [2.45, 2.75) is 20.0 Å². The summed E-state index contributed by atoms with van der Waals surface area (Å²) in [4.78, 5) is 4.46. The van der Waals surface area contributed by atoms with E-state index in [1.54, 1.807) is 19.2 Å². The van der Waals surface area contributed by atoms with Crippen molar-refractivity contribution in [2.75, 3.05) is 32.1 Å². The third kappa shape index (κ3) is 6.05. The van der Waals surface area contributed by atoms with Crippen molar-refractivity contribution < 1.29 is 14.6 Å². The normalized spacial score (nSPS) is 12.4. The molecule has 1 unspecified atom stereocenters. The Morgan fingerprint density at radius 3 is 2.63 bits per heavy atom. The van der Waals surface area contributed by atoms with Crippen molar-refractivity contribution in [3.8, 4) is 11.5 Å². The van der Waals surface area contributed by atoms with Crippen LogP contribution in [-0.4, -0.2) is 37.9 Å². The molecular weight excluding hydrogens is 366 g/mol. The predicted molar refractivity (Wildman–Crippen MR) is 110 cm³/mol. The molecule has 2 rings (SSSR count). The lowest BCUT2D eigenvalue weighted by molar-refractivity contribution is 0.187. The highest BCUT2D eigenvalue weighted by Gasteiger charge is 2.11. The number of aliphatic hydroxyl groups excluding tert-OH is 1. The number of rotatable bonds is 8. The third-order valence-corrected chi connectivity index (χ3v) is 4.10. The van der Waals surface area contributed by atoms with Gasteiger partial charge in [0.15, 0.2) is 17.5 Å². The van der Waals surface area contributed by atoms with E-state index in [-0.39, 0.29) is 6.54 Å². The fourth-order valence-corrected chi connectivity index (χ4v) is 2.75. The second kappa shape index (κ2) is 10.6. The first-order valence-corrected chi connectivity index (χ1v) is 9.25. The SMILES string of the molecule is CCNC(=NCC(O)c1ccccc1Cl)Nc1ccc(OC)c(OCC)c1. The Morgan fingerprint density at radius 2 is 1.96 bits per heavy atom. The molecule has 3 N–H and O–H groups in total. The Hall–Kier alpha value is -2.44. The zero-order valence-electron chi connectivity index (χ0n) is 15.8. The van der Waals surface area contributed by atoms with Crippen molar-refractivity contribution >= 4 is 23.2 Å². The lowest BCUT2D eigenvalue weighted by atomic mass is 10.1. The molecule has 0 aromatic heterocycles. The van der Waals surface area contributed by atoms with Gasteiger partial charge in [-0.25, -0.2) is 4.99 Å². The molecular formula is C20H26ClN3O3. The maximum absolute atomic E-state index is 10.4. The van der Waals surface area contributed by atoms with E-state index < -0.39 is 6.10 Å². The molecule has 0 aliphatic heterocycles. The molecule has 6 nitrogen and oxygen atoms in total. The quantitative estimate of drug-likeness (QED) is 0.470. The monoisotopic (exact) mass is 391 g/mol. The highest BCUT2D eigenvalue weighted by Crippen LogP contribution is 2.30. The molecule has 0 spiro atoms. The molecule has 146 valence electrons. The van der Waals surface area contributed by atoms with Crippen LogP contribution in [0.1, 0.15) is 25.5 Å². The molecule has 0 aliphatic rings. The first kappa shape index (κ1) is 20.9. The molecule has 7 heteroatoms. The van der Waals surface area contributed by atoms with Crippen LogP contribution < -0.4 is 20.1 Å². The number of ether oxygens (including phenoxy) is 2. The molecule has 0 radical (unpaired) electrons. The number of guanidine groups is 1. The molecule has 0 saturated heterocycles. The molecule has 0 bridgehead atoms. The first-order chi connectivity index (χ1) is 13.1. The van der Waals surface area contributed by atoms with Crippen LogP contribution in [0.2, 0.25) is 5.02 Å². The number of nitrogens with one attached hydrogen (secondary N) is 2. The number of nitrogens with zero attached hydrogens (tertiary/aromatic N) is 1. The largest absolute Gasteiger partial charge is 0.493 e. The summed E-state index contributed by atoms with van der Waals surface area (Å²) in [6, 6.07) is 12.8. The number of benzene rings is 2. The van der Waals surface area contributed by atoms with Crippen molar-refractivity contribution in [3.63, 3.8) is 0 Å². The maximum Gasteiger partial charge on any atom is 0.195 e. The highest BCUT2D eigenvalue weighted by molar-refractivity contribution is 6.31. The predicted octanol–water partition coefficient (Wildman–Crippen LogP) is 3.86. The molecule has 0 fully saturated rings. The van der Waals surface area contributed by atoms with Crippen molar-refractivity contribution in [1.82, 2.24) is 5.32 Å². The van der Waals surface area contributed by atoms with Gasteiger partial charge in [0.1, 0.15) is 6.10 Å². The average Bonchev–Trinajstić information content (AvgIpc) is 2.67. The number of aliphatic hydroxyl groups is 1. The van der Waals surface area contributed by atoms with Gasteiger partial charge in [0.2, 0.25) is 0 Å². The molecule has 0 heterocycles. The lowest BCUT2D eigenvalue weighted by Gasteiger charge is -2.15. The van der Waals surface area contributed by atoms with Gasteiger partial charge in [-0.3, -0.25) is 0 Å². The summed E-state index contributed by atoms with van der Waals surface area (Å²) in [5, 5.41) is 17.3. The molecule has 27 heavy (non-hydrogen) atoms. The zero-order chi connectivity index (χ0) is 19.6. The van der Waals surface area contributed by atoms with Crippen molar-refractivity contribution in [1.29, 1.82) is 0 Å². The standard InChI is InChI=1S/C20H26ClN3O3/c1-4-22-20(23-13-17(25)15-8-6-7-9-16(15)21)24-14-10-11-18(26-3)19(12-14)27-5-2/h6-12,17,25H,4-5,13H2,1-3H3,(H2,22,23,24). The molecule has 1 atom stereocenters.